The van der Waals surface area contributed by atoms with Crippen LogP contribution in [0.2, 0.25) is 5.02 Å². The third-order valence-electron chi connectivity index (χ3n) is 3.14. The van der Waals surface area contributed by atoms with Crippen molar-refractivity contribution < 1.29 is 4.74 Å². The predicted molar refractivity (Wildman–Crippen MR) is 63.7 cm³/mol. The van der Waals surface area contributed by atoms with E-state index in [0.29, 0.717) is 6.54 Å². The van der Waals surface area contributed by atoms with Crippen molar-refractivity contribution in [3.63, 3.8) is 0 Å². The van der Waals surface area contributed by atoms with Crippen LogP contribution >= 0.6 is 11.6 Å². The van der Waals surface area contributed by atoms with Crippen molar-refractivity contribution >= 4 is 11.6 Å². The van der Waals surface area contributed by atoms with Crippen molar-refractivity contribution in [3.05, 3.63) is 47.5 Å². The van der Waals surface area contributed by atoms with E-state index >= 15 is 0 Å². The number of benzene rings is 1. The maximum Gasteiger partial charge on any atom is 0.137 e. The van der Waals surface area contributed by atoms with E-state index in [4.69, 9.17) is 16.3 Å². The third kappa shape index (κ3) is 1.94. The fraction of sp³-hybridized carbons (Fsp3) is 0.333. The topological polar surface area (TPSA) is 39.9 Å². The summed E-state index contributed by atoms with van der Waals surface area (Å²) in [5.41, 5.74) is 0.877. The van der Waals surface area contributed by atoms with Gasteiger partial charge in [0.15, 0.2) is 0 Å². The van der Waals surface area contributed by atoms with Crippen LogP contribution in [0.1, 0.15) is 12.0 Å². The van der Waals surface area contributed by atoms with Crippen LogP contribution in [0.3, 0.4) is 0 Å². The van der Waals surface area contributed by atoms with E-state index < -0.39 is 0 Å². The minimum atomic E-state index is -0.266. The van der Waals surface area contributed by atoms with Gasteiger partial charge in [-0.1, -0.05) is 23.7 Å². The zero-order chi connectivity index (χ0) is 11.7. The molecule has 1 atom stereocenters. The van der Waals surface area contributed by atoms with Crippen molar-refractivity contribution in [3.8, 4) is 0 Å². The minimum Gasteiger partial charge on any atom is -0.368 e. The van der Waals surface area contributed by atoms with E-state index in [1.807, 2.05) is 24.3 Å². The minimum absolute atomic E-state index is 0.266. The summed E-state index contributed by atoms with van der Waals surface area (Å²) in [6.45, 7) is 1.48. The van der Waals surface area contributed by atoms with Crippen molar-refractivity contribution in [1.82, 2.24) is 14.8 Å². The second kappa shape index (κ2) is 4.13. The molecule has 1 aliphatic heterocycles. The molecule has 0 spiro atoms. The molecule has 5 heteroatoms. The molecule has 1 aromatic carbocycles. The van der Waals surface area contributed by atoms with Crippen LogP contribution in [-0.4, -0.2) is 21.4 Å². The van der Waals surface area contributed by atoms with Gasteiger partial charge in [0.1, 0.15) is 18.3 Å². The van der Waals surface area contributed by atoms with Crippen molar-refractivity contribution in [2.45, 2.75) is 18.6 Å². The smallest absolute Gasteiger partial charge is 0.137 e. The Labute approximate surface area is 104 Å². The molecule has 1 aliphatic rings. The van der Waals surface area contributed by atoms with Gasteiger partial charge in [-0.15, -0.1) is 0 Å². The van der Waals surface area contributed by atoms with Gasteiger partial charge in [0, 0.05) is 11.4 Å². The molecule has 0 bridgehead atoms. The molecule has 0 aliphatic carbocycles. The van der Waals surface area contributed by atoms with Gasteiger partial charge in [0.05, 0.1) is 13.2 Å². The standard InChI is InChI=1S/C12H12ClN3O/c13-11-3-1-10(2-4-11)12(5-6-17-12)7-16-9-14-8-15-16/h1-4,8-9H,5-7H2. The summed E-state index contributed by atoms with van der Waals surface area (Å²) in [4.78, 5) is 3.95. The first-order chi connectivity index (χ1) is 8.28. The van der Waals surface area contributed by atoms with Crippen LogP contribution in [0.25, 0.3) is 0 Å². The monoisotopic (exact) mass is 249 g/mol. The van der Waals surface area contributed by atoms with Gasteiger partial charge in [-0.05, 0) is 17.7 Å². The van der Waals surface area contributed by atoms with Gasteiger partial charge in [-0.3, -0.25) is 0 Å². The lowest BCUT2D eigenvalue weighted by Crippen LogP contribution is -2.44. The molecule has 2 heterocycles. The number of hydrogen-bond donors (Lipinski definition) is 0. The van der Waals surface area contributed by atoms with Crippen LogP contribution in [0.15, 0.2) is 36.9 Å². The van der Waals surface area contributed by atoms with Crippen LogP contribution in [0, 0.1) is 0 Å². The Kier molecular flexibility index (Phi) is 2.61. The van der Waals surface area contributed by atoms with E-state index in [2.05, 4.69) is 10.1 Å². The Bertz CT molecular complexity index is 491. The average Bonchev–Trinajstić information content (AvgIpc) is 2.77. The first kappa shape index (κ1) is 10.7. The number of aromatic nitrogens is 3. The summed E-state index contributed by atoms with van der Waals surface area (Å²) in [5, 5.41) is 4.87. The number of nitrogens with zero attached hydrogens (tertiary/aromatic N) is 3. The summed E-state index contributed by atoms with van der Waals surface area (Å²) in [5.74, 6) is 0. The van der Waals surface area contributed by atoms with Gasteiger partial charge in [-0.2, -0.15) is 5.10 Å². The second-order valence-electron chi connectivity index (χ2n) is 4.19. The Morgan fingerprint density at radius 1 is 1.35 bits per heavy atom. The Morgan fingerprint density at radius 2 is 2.12 bits per heavy atom. The predicted octanol–water partition coefficient (Wildman–Crippen LogP) is 2.25. The molecule has 4 nitrogen and oxygen atoms in total. The summed E-state index contributed by atoms with van der Waals surface area (Å²) in [6.07, 6.45) is 4.24. The summed E-state index contributed by atoms with van der Waals surface area (Å²) in [7, 11) is 0. The quantitative estimate of drug-likeness (QED) is 0.838. The van der Waals surface area contributed by atoms with Gasteiger partial charge in [0.25, 0.3) is 0 Å². The molecule has 17 heavy (non-hydrogen) atoms. The van der Waals surface area contributed by atoms with Gasteiger partial charge in [-0.25, -0.2) is 9.67 Å². The van der Waals surface area contributed by atoms with Crippen molar-refractivity contribution in [2.24, 2.45) is 0 Å². The SMILES string of the molecule is Clc1ccc(C2(Cn3cncn3)CCO2)cc1. The molecule has 0 N–H and O–H groups in total. The van der Waals surface area contributed by atoms with Crippen LogP contribution < -0.4 is 0 Å². The fourth-order valence-corrected chi connectivity index (χ4v) is 2.25. The number of hydrogen-bond acceptors (Lipinski definition) is 3. The molecular formula is C12H12ClN3O. The number of rotatable bonds is 3. The zero-order valence-corrected chi connectivity index (χ0v) is 9.97. The van der Waals surface area contributed by atoms with Gasteiger partial charge < -0.3 is 4.74 Å². The van der Waals surface area contributed by atoms with Gasteiger partial charge in [0.2, 0.25) is 0 Å². The fourth-order valence-electron chi connectivity index (χ4n) is 2.12. The lowest BCUT2D eigenvalue weighted by atomic mass is 9.86. The zero-order valence-electron chi connectivity index (χ0n) is 9.21. The highest BCUT2D eigenvalue weighted by molar-refractivity contribution is 6.30. The highest BCUT2D eigenvalue weighted by Gasteiger charge is 2.40. The van der Waals surface area contributed by atoms with E-state index in [9.17, 15) is 0 Å². The highest BCUT2D eigenvalue weighted by atomic mass is 35.5. The number of halogens is 1. The molecule has 1 unspecified atom stereocenters. The van der Waals surface area contributed by atoms with Gasteiger partial charge >= 0.3 is 0 Å². The van der Waals surface area contributed by atoms with Crippen LogP contribution in [0.5, 0.6) is 0 Å². The lowest BCUT2D eigenvalue weighted by molar-refractivity contribution is -0.165. The Morgan fingerprint density at radius 3 is 2.65 bits per heavy atom. The third-order valence-corrected chi connectivity index (χ3v) is 3.39. The number of ether oxygens (including phenoxy) is 1. The molecule has 0 radical (unpaired) electrons. The second-order valence-corrected chi connectivity index (χ2v) is 4.63. The van der Waals surface area contributed by atoms with Crippen molar-refractivity contribution in [2.75, 3.05) is 6.61 Å². The largest absolute Gasteiger partial charge is 0.368 e. The normalized spacial score (nSPS) is 23.4. The molecule has 88 valence electrons. The summed E-state index contributed by atoms with van der Waals surface area (Å²) >= 11 is 5.90. The summed E-state index contributed by atoms with van der Waals surface area (Å²) < 4.78 is 7.59. The molecule has 0 saturated carbocycles. The Balaban J connectivity index is 1.89. The van der Waals surface area contributed by atoms with Crippen molar-refractivity contribution in [1.29, 1.82) is 0 Å². The maximum atomic E-state index is 5.90. The molecule has 1 fully saturated rings. The molecule has 1 saturated heterocycles. The van der Waals surface area contributed by atoms with E-state index in [1.165, 1.54) is 6.33 Å². The van der Waals surface area contributed by atoms with Crippen LogP contribution in [0.4, 0.5) is 0 Å². The van der Waals surface area contributed by atoms with E-state index in [-0.39, 0.29) is 5.60 Å². The summed E-state index contributed by atoms with van der Waals surface area (Å²) in [6, 6.07) is 7.81. The van der Waals surface area contributed by atoms with Crippen LogP contribution in [-0.2, 0) is 16.9 Å². The maximum absolute atomic E-state index is 5.90. The first-order valence-corrected chi connectivity index (χ1v) is 5.89. The molecular weight excluding hydrogens is 238 g/mol. The first-order valence-electron chi connectivity index (χ1n) is 5.51. The average molecular weight is 250 g/mol. The molecule has 3 rings (SSSR count). The lowest BCUT2D eigenvalue weighted by Gasteiger charge is -2.42. The van der Waals surface area contributed by atoms with E-state index in [0.717, 1.165) is 23.6 Å². The molecule has 0 amide bonds. The van der Waals surface area contributed by atoms with E-state index in [1.54, 1.807) is 11.0 Å². The molecule has 1 aromatic heterocycles. The highest BCUT2D eigenvalue weighted by Crippen LogP contribution is 2.39. The molecule has 2 aromatic rings. The Hall–Kier alpha value is -1.39.